The highest BCUT2D eigenvalue weighted by molar-refractivity contribution is 6.11. The van der Waals surface area contributed by atoms with E-state index >= 15 is 0 Å². The fraction of sp³-hybridized carbons (Fsp3) is 0.0222. The lowest BCUT2D eigenvalue weighted by atomic mass is 9.69. The normalized spacial score (nSPS) is 13.3. The molecule has 9 aromatic rings. The number of rotatable bonds is 4. The van der Waals surface area contributed by atoms with Crippen molar-refractivity contribution in [3.05, 3.63) is 181 Å². The van der Waals surface area contributed by atoms with E-state index in [1.165, 1.54) is 62.7 Å². The lowest BCUT2D eigenvalue weighted by molar-refractivity contribution is 0.569. The van der Waals surface area contributed by atoms with Gasteiger partial charge in [0.15, 0.2) is 24.3 Å². The Kier molecular flexibility index (Phi) is 5.78. The fourth-order valence-corrected chi connectivity index (χ4v) is 8.50. The van der Waals surface area contributed by atoms with Crippen LogP contribution in [0.15, 0.2) is 167 Å². The lowest BCUT2D eigenvalue weighted by Crippen LogP contribution is -2.26. The van der Waals surface area contributed by atoms with E-state index in [9.17, 15) is 0 Å². The van der Waals surface area contributed by atoms with Crippen molar-refractivity contribution in [2.75, 3.05) is 0 Å². The number of pyridine rings is 2. The summed E-state index contributed by atoms with van der Waals surface area (Å²) in [7, 11) is 0. The third-order valence-corrected chi connectivity index (χ3v) is 10.5. The number of hydrogen-bond acceptors (Lipinski definition) is 6. The molecule has 0 atom stereocenters. The Balaban J connectivity index is 1.23. The molecule has 6 heteroatoms. The van der Waals surface area contributed by atoms with E-state index in [0.717, 1.165) is 39.3 Å². The summed E-state index contributed by atoms with van der Waals surface area (Å²) in [6.07, 6.45) is 6.29. The van der Waals surface area contributed by atoms with Crippen LogP contribution in [-0.4, -0.2) is 19.9 Å². The highest BCUT2D eigenvalue weighted by Gasteiger charge is 2.52. The second-order valence-electron chi connectivity index (χ2n) is 13.0. The third-order valence-electron chi connectivity index (χ3n) is 10.5. The van der Waals surface area contributed by atoms with E-state index in [-0.39, 0.29) is 0 Å². The zero-order valence-electron chi connectivity index (χ0n) is 27.1. The van der Waals surface area contributed by atoms with Gasteiger partial charge in [-0.2, -0.15) is 0 Å². The van der Waals surface area contributed by atoms with Gasteiger partial charge >= 0.3 is 0 Å². The maximum atomic E-state index is 5.66. The van der Waals surface area contributed by atoms with Crippen molar-refractivity contribution in [2.24, 2.45) is 0 Å². The SMILES string of the molecule is c1cc(-c2ccc3c(c2)C2(c4ccccc4-c4ccccc42)c2cc(-c4cccc(-c5cnco5)n4)c4ccccc4c2-3)nc(-c2cnco2)c1. The number of hydrogen-bond donors (Lipinski definition) is 0. The Bertz CT molecular complexity index is 2770. The second-order valence-corrected chi connectivity index (χ2v) is 13.0. The van der Waals surface area contributed by atoms with Crippen LogP contribution in [0, 0.1) is 0 Å². The predicted octanol–water partition coefficient (Wildman–Crippen LogP) is 10.6. The number of fused-ring (bicyclic) bond motifs is 12. The van der Waals surface area contributed by atoms with E-state index < -0.39 is 5.41 Å². The van der Waals surface area contributed by atoms with Crippen LogP contribution in [0.1, 0.15) is 22.3 Å². The Morgan fingerprint density at radius 2 is 1.00 bits per heavy atom. The van der Waals surface area contributed by atoms with Gasteiger partial charge in [-0.25, -0.2) is 19.9 Å². The third kappa shape index (κ3) is 3.87. The van der Waals surface area contributed by atoms with Crippen LogP contribution in [0.25, 0.3) is 78.4 Å². The van der Waals surface area contributed by atoms with Gasteiger partial charge in [0.2, 0.25) is 0 Å². The smallest absolute Gasteiger partial charge is 0.181 e. The van der Waals surface area contributed by atoms with Crippen LogP contribution in [-0.2, 0) is 5.41 Å². The average Bonchev–Trinajstić information content (AvgIpc) is 4.02. The van der Waals surface area contributed by atoms with Crippen LogP contribution in [0.2, 0.25) is 0 Å². The molecule has 0 saturated heterocycles. The molecule has 4 aromatic heterocycles. The molecular weight excluding hydrogens is 629 g/mol. The van der Waals surface area contributed by atoms with Crippen LogP contribution in [0.3, 0.4) is 0 Å². The molecule has 0 N–H and O–H groups in total. The van der Waals surface area contributed by atoms with Gasteiger partial charge in [0.25, 0.3) is 0 Å². The zero-order chi connectivity index (χ0) is 33.5. The monoisotopic (exact) mass is 654 g/mol. The van der Waals surface area contributed by atoms with E-state index in [4.69, 9.17) is 18.8 Å². The van der Waals surface area contributed by atoms with Gasteiger partial charge < -0.3 is 8.83 Å². The summed E-state index contributed by atoms with van der Waals surface area (Å²) in [6.45, 7) is 0. The molecule has 0 saturated carbocycles. The Hall–Kier alpha value is -6.92. The molecule has 238 valence electrons. The summed E-state index contributed by atoms with van der Waals surface area (Å²) >= 11 is 0. The Morgan fingerprint density at radius 3 is 1.67 bits per heavy atom. The molecule has 6 nitrogen and oxygen atoms in total. The van der Waals surface area contributed by atoms with Gasteiger partial charge in [-0.05, 0) is 91.7 Å². The van der Waals surface area contributed by atoms with E-state index in [1.807, 2.05) is 24.3 Å². The molecule has 0 aliphatic heterocycles. The van der Waals surface area contributed by atoms with Crippen molar-refractivity contribution in [3.8, 4) is 67.7 Å². The Morgan fingerprint density at radius 1 is 0.412 bits per heavy atom. The van der Waals surface area contributed by atoms with Gasteiger partial charge in [0.05, 0.1) is 29.2 Å². The average molecular weight is 655 g/mol. The summed E-state index contributed by atoms with van der Waals surface area (Å²) < 4.78 is 11.3. The molecule has 2 aliphatic rings. The molecule has 0 bridgehead atoms. The second kappa shape index (κ2) is 10.5. The molecule has 11 rings (SSSR count). The molecule has 4 heterocycles. The molecule has 0 radical (unpaired) electrons. The van der Waals surface area contributed by atoms with Gasteiger partial charge in [-0.1, -0.05) is 97.1 Å². The predicted molar refractivity (Wildman–Crippen MR) is 198 cm³/mol. The highest BCUT2D eigenvalue weighted by Crippen LogP contribution is 2.64. The quantitative estimate of drug-likeness (QED) is 0.188. The maximum absolute atomic E-state index is 5.66. The largest absolute Gasteiger partial charge is 0.442 e. The summed E-state index contributed by atoms with van der Waals surface area (Å²) in [5.41, 5.74) is 14.8. The van der Waals surface area contributed by atoms with Crippen LogP contribution < -0.4 is 0 Å². The molecule has 51 heavy (non-hydrogen) atoms. The molecular formula is C45H26N4O2. The summed E-state index contributed by atoms with van der Waals surface area (Å²) in [5.74, 6) is 1.28. The summed E-state index contributed by atoms with van der Waals surface area (Å²) in [6, 6.07) is 47.9. The number of aromatic nitrogens is 4. The van der Waals surface area contributed by atoms with Crippen LogP contribution in [0.5, 0.6) is 0 Å². The minimum Gasteiger partial charge on any atom is -0.442 e. The first-order valence-corrected chi connectivity index (χ1v) is 16.9. The van der Waals surface area contributed by atoms with Crippen LogP contribution in [0.4, 0.5) is 0 Å². The van der Waals surface area contributed by atoms with Gasteiger partial charge in [-0.15, -0.1) is 0 Å². The zero-order valence-corrected chi connectivity index (χ0v) is 27.1. The number of nitrogens with zero attached hydrogens (tertiary/aromatic N) is 4. The Labute approximate surface area is 292 Å². The van der Waals surface area contributed by atoms with Crippen molar-refractivity contribution >= 4 is 10.8 Å². The molecule has 0 amide bonds. The van der Waals surface area contributed by atoms with Gasteiger partial charge in [-0.3, -0.25) is 0 Å². The van der Waals surface area contributed by atoms with Gasteiger partial charge in [0.1, 0.15) is 11.4 Å². The van der Waals surface area contributed by atoms with E-state index in [0.29, 0.717) is 11.5 Å². The van der Waals surface area contributed by atoms with Crippen LogP contribution >= 0.6 is 0 Å². The first-order valence-electron chi connectivity index (χ1n) is 16.9. The number of benzene rings is 5. The summed E-state index contributed by atoms with van der Waals surface area (Å²) in [5, 5.41) is 2.33. The topological polar surface area (TPSA) is 77.8 Å². The van der Waals surface area contributed by atoms with E-state index in [2.05, 4.69) is 119 Å². The maximum Gasteiger partial charge on any atom is 0.181 e. The molecule has 2 aliphatic carbocycles. The van der Waals surface area contributed by atoms with E-state index in [1.54, 1.807) is 12.4 Å². The van der Waals surface area contributed by atoms with Gasteiger partial charge in [0, 0.05) is 11.1 Å². The van der Waals surface area contributed by atoms with Crippen molar-refractivity contribution < 1.29 is 8.83 Å². The van der Waals surface area contributed by atoms with Crippen molar-refractivity contribution in [1.29, 1.82) is 0 Å². The molecule has 1 spiro atoms. The minimum absolute atomic E-state index is 0.572. The highest BCUT2D eigenvalue weighted by atomic mass is 16.3. The first kappa shape index (κ1) is 28.0. The van der Waals surface area contributed by atoms with Crippen molar-refractivity contribution in [3.63, 3.8) is 0 Å². The molecule has 0 unspecified atom stereocenters. The van der Waals surface area contributed by atoms with Crippen molar-refractivity contribution in [1.82, 2.24) is 19.9 Å². The van der Waals surface area contributed by atoms with Crippen molar-refractivity contribution in [2.45, 2.75) is 5.41 Å². The molecule has 5 aromatic carbocycles. The fourth-order valence-electron chi connectivity index (χ4n) is 8.50. The first-order chi connectivity index (χ1) is 25.3. The minimum atomic E-state index is -0.572. The number of oxazole rings is 2. The molecule has 0 fully saturated rings. The summed E-state index contributed by atoms with van der Waals surface area (Å²) in [4.78, 5) is 18.4. The lowest BCUT2D eigenvalue weighted by Gasteiger charge is -2.31. The standard InChI is InChI=1S/C45H26N4O2/c1-2-12-31-28(9-1)33(39-16-8-18-41(49-39)43-24-47-26-51-43)22-37-44(31)32-20-19-27(38-15-7-17-40(48-38)42-23-46-25-50-42)21-36(32)45(37)34-13-5-3-10-29(34)30-11-4-6-14-35(30)45/h1-26H.